The molecule has 7 rings (SSSR count). The Balaban J connectivity index is 1.29. The monoisotopic (exact) mass is 1310 g/mol. The fourth-order valence-electron chi connectivity index (χ4n) is 10.0. The van der Waals surface area contributed by atoms with Crippen LogP contribution in [-0.2, 0) is 69.5 Å². The largest absolute Gasteiger partial charge is 0.481 e. The quantitative estimate of drug-likeness (QED) is 0.00537. The first-order chi connectivity index (χ1) is 42.2. The van der Waals surface area contributed by atoms with Crippen molar-refractivity contribution in [2.75, 3.05) is 43.2 Å². The molecule has 1 aliphatic heterocycles. The molecule has 0 saturated heterocycles. The van der Waals surface area contributed by atoms with Crippen molar-refractivity contribution in [2.45, 2.75) is 115 Å². The van der Waals surface area contributed by atoms with Crippen molar-refractivity contribution in [1.82, 2.24) is 9.44 Å². The lowest BCUT2D eigenvalue weighted by molar-refractivity contribution is -0.143. The molecule has 478 valence electrons. The Morgan fingerprint density at radius 1 is 0.674 bits per heavy atom. The Bertz CT molecular complexity index is 3890. The summed E-state index contributed by atoms with van der Waals surface area (Å²) in [5, 5.41) is 16.0. The number of hydrogen-bond donors (Lipinski definition) is 5. The molecule has 2 aliphatic rings. The van der Waals surface area contributed by atoms with Gasteiger partial charge in [0.05, 0.1) is 46.8 Å². The van der Waals surface area contributed by atoms with Gasteiger partial charge in [0, 0.05) is 57.1 Å². The summed E-state index contributed by atoms with van der Waals surface area (Å²) in [4.78, 5) is 36.0. The Kier molecular flexibility index (Phi) is 24.4. The number of sulfonamides is 2. The summed E-state index contributed by atoms with van der Waals surface area (Å²) in [7, 11) is -11.6. The number of thioether (sulfide) groups is 1. The first-order valence-electron chi connectivity index (χ1n) is 29.1. The molecule has 1 unspecified atom stereocenters. The van der Waals surface area contributed by atoms with Crippen LogP contribution in [0, 0.1) is 46.9 Å². The molecule has 1 amide bonds. The lowest BCUT2D eigenvalue weighted by Gasteiger charge is -2.21. The van der Waals surface area contributed by atoms with E-state index >= 15 is 17.6 Å². The number of ether oxygens (including phenoxy) is 3. The highest BCUT2D eigenvalue weighted by Gasteiger charge is 2.38. The number of nitrogens with one attached hydrogen (secondary N) is 3. The number of amides is 1. The summed E-state index contributed by atoms with van der Waals surface area (Å²) in [6, 6.07) is 28.1. The van der Waals surface area contributed by atoms with E-state index < -0.39 is 108 Å². The van der Waals surface area contributed by atoms with Gasteiger partial charge in [-0.15, -0.1) is 15.9 Å². The lowest BCUT2D eigenvalue weighted by Crippen LogP contribution is -2.33. The number of carboxylic acid groups (broad SMARTS) is 1. The number of alkyl carbamates (subject to hydrolysis) is 1. The van der Waals surface area contributed by atoms with Crippen molar-refractivity contribution in [3.8, 4) is 22.5 Å². The highest BCUT2D eigenvalue weighted by molar-refractivity contribution is 8.04. The van der Waals surface area contributed by atoms with Crippen LogP contribution in [0.4, 0.5) is 39.4 Å². The summed E-state index contributed by atoms with van der Waals surface area (Å²) in [6.07, 6.45) is 0.0835. The average molecular weight is 1310 g/mol. The van der Waals surface area contributed by atoms with Crippen molar-refractivity contribution in [3.05, 3.63) is 148 Å². The second-order valence-corrected chi connectivity index (χ2v) is 28.0. The molecular formula is C65H74F4N4O12S4. The minimum absolute atomic E-state index is 0.0223. The number of aliphatic carboxylic acids is 1. The van der Waals surface area contributed by atoms with Crippen LogP contribution >= 0.6 is 24.4 Å². The van der Waals surface area contributed by atoms with Crippen LogP contribution in [0.15, 0.2) is 121 Å². The highest BCUT2D eigenvalue weighted by Crippen LogP contribution is 2.44. The molecule has 1 aliphatic carbocycles. The standard InChI is InChI=1S/C65H74F4N4O12S4/c1-37(2)29-41-13-11-14-42(30-38(3)4)61(41)71-45-19-21-48-51(33-45)85-52-34-46(72-62-43(31-39(5)6)15-12-16-44(62)32-40(7)8)20-22-49(52)56(48)50-17-9-10-18-53(50)88(78,79)73-89(80,81)64-59(68)57(66)63(58(67)60(64)69)87-36-47(82-26-23-54(74)75)35-84-65(77)70-25-27-83-55(76)24-28-86/h9-22,33-34,37-40,47,71,73,86H,23-32,35-36H2,1-8H3,(H,70,77)(H,74,75)/b72-46-. The van der Waals surface area contributed by atoms with E-state index in [4.69, 9.17) is 28.7 Å². The third kappa shape index (κ3) is 18.4. The van der Waals surface area contributed by atoms with Crippen LogP contribution in [0.1, 0.15) is 90.5 Å². The van der Waals surface area contributed by atoms with Gasteiger partial charge in [-0.05, 0) is 102 Å². The van der Waals surface area contributed by atoms with Gasteiger partial charge in [0.1, 0.15) is 30.7 Å². The molecule has 0 fully saturated rings. The topological polar surface area (TPSA) is 229 Å². The van der Waals surface area contributed by atoms with Crippen molar-refractivity contribution < 1.29 is 72.5 Å². The van der Waals surface area contributed by atoms with Gasteiger partial charge >= 0.3 is 18.0 Å². The number of esters is 1. The molecule has 5 aromatic carbocycles. The zero-order valence-electron chi connectivity index (χ0n) is 50.7. The van der Waals surface area contributed by atoms with Crippen molar-refractivity contribution in [3.63, 3.8) is 0 Å². The number of hydrogen-bond acceptors (Lipinski definition) is 15. The minimum Gasteiger partial charge on any atom is -0.481 e. The summed E-state index contributed by atoms with van der Waals surface area (Å²) in [5.74, 6) is -10.2. The van der Waals surface area contributed by atoms with Crippen LogP contribution in [-0.4, -0.2) is 83.9 Å². The number of carboxylic acids is 1. The molecule has 0 aromatic heterocycles. The maximum Gasteiger partial charge on any atom is 0.407 e. The van der Waals surface area contributed by atoms with Crippen LogP contribution in [0.2, 0.25) is 0 Å². The second kappa shape index (κ2) is 31.2. The van der Waals surface area contributed by atoms with E-state index in [1.165, 1.54) is 22.3 Å². The number of carbonyl (C=O) groups is 3. The van der Waals surface area contributed by atoms with E-state index in [1.54, 1.807) is 36.4 Å². The molecule has 1 atom stereocenters. The Morgan fingerprint density at radius 2 is 1.27 bits per heavy atom. The number of thiol groups is 1. The smallest absolute Gasteiger partial charge is 0.407 e. The number of anilines is 2. The summed E-state index contributed by atoms with van der Waals surface area (Å²) >= 11 is 3.99. The van der Waals surface area contributed by atoms with Gasteiger partial charge < -0.3 is 34.4 Å². The minimum atomic E-state index is -6.07. The first-order valence-corrected chi connectivity index (χ1v) is 33.7. The molecule has 16 nitrogen and oxygen atoms in total. The Labute approximate surface area is 526 Å². The molecule has 0 spiro atoms. The number of para-hydroxylation sites is 2. The molecule has 1 heterocycles. The molecule has 0 bridgehead atoms. The van der Waals surface area contributed by atoms with Gasteiger partial charge in [0.25, 0.3) is 20.0 Å². The van der Waals surface area contributed by atoms with Gasteiger partial charge in [0.2, 0.25) is 0 Å². The van der Waals surface area contributed by atoms with E-state index in [-0.39, 0.29) is 59.6 Å². The van der Waals surface area contributed by atoms with Crippen molar-refractivity contribution in [2.24, 2.45) is 28.7 Å². The maximum absolute atomic E-state index is 16.2. The fourth-order valence-corrected chi connectivity index (χ4v) is 14.4. The van der Waals surface area contributed by atoms with Crippen LogP contribution in [0.3, 0.4) is 0 Å². The van der Waals surface area contributed by atoms with E-state index in [9.17, 15) is 31.2 Å². The Hall–Kier alpha value is -6.96. The van der Waals surface area contributed by atoms with E-state index in [0.717, 1.165) is 65.4 Å². The molecule has 89 heavy (non-hydrogen) atoms. The van der Waals surface area contributed by atoms with Crippen LogP contribution in [0.25, 0.3) is 33.4 Å². The van der Waals surface area contributed by atoms with Gasteiger partial charge in [-0.25, -0.2) is 44.2 Å². The SMILES string of the molecule is CC(C)Cc1cccc(CC(C)C)c1/N=c1/ccc2c(-c3ccccc3S(=O)(=O)NS(=O)(=O)c3c(F)c(F)c(SCC(COC(=O)NCCOC(=O)CCS)OCCC(=O)O)c(F)c3F)c3ccc(Nc4c(CC(C)C)cccc4CC(C)C)cc3oc-2c1. The number of nitrogens with zero attached hydrogens (tertiary/aromatic N) is 1. The summed E-state index contributed by atoms with van der Waals surface area (Å²) < 4.78 is 146. The molecule has 0 saturated carbocycles. The lowest BCUT2D eigenvalue weighted by atomic mass is 9.93. The normalized spacial score (nSPS) is 12.7. The number of fused-ring (bicyclic) bond motifs is 2. The van der Waals surface area contributed by atoms with E-state index in [1.807, 2.05) is 12.1 Å². The summed E-state index contributed by atoms with van der Waals surface area (Å²) in [5.41, 5.74) is 7.50. The third-order valence-electron chi connectivity index (χ3n) is 13.7. The number of benzene rings is 6. The number of rotatable bonds is 30. The van der Waals surface area contributed by atoms with Gasteiger partial charge in [0.15, 0.2) is 28.2 Å². The second-order valence-electron chi connectivity index (χ2n) is 23.0. The molecule has 0 radical (unpaired) electrons. The Morgan fingerprint density at radius 3 is 1.87 bits per heavy atom. The number of carbonyl (C=O) groups excluding carboxylic acids is 2. The van der Waals surface area contributed by atoms with Crippen LogP contribution in [0.5, 0.6) is 0 Å². The van der Waals surface area contributed by atoms with E-state index in [2.05, 4.69) is 103 Å². The van der Waals surface area contributed by atoms with Gasteiger partial charge in [-0.1, -0.05) is 110 Å². The highest BCUT2D eigenvalue weighted by atomic mass is 32.3. The van der Waals surface area contributed by atoms with Gasteiger partial charge in [-0.2, -0.15) is 12.6 Å². The predicted octanol–water partition coefficient (Wildman–Crippen LogP) is 13.7. The van der Waals surface area contributed by atoms with Crippen LogP contribution < -0.4 is 20.1 Å². The van der Waals surface area contributed by atoms with Crippen molar-refractivity contribution in [1.29, 1.82) is 0 Å². The molecule has 5 aromatic rings. The average Bonchev–Trinajstić information content (AvgIpc) is 0.812. The molecule has 24 heteroatoms. The number of halogens is 4. The first kappa shape index (κ1) is 69.5. The maximum atomic E-state index is 16.2. The van der Waals surface area contributed by atoms with Crippen molar-refractivity contribution >= 4 is 90.5 Å². The van der Waals surface area contributed by atoms with Gasteiger partial charge in [-0.3, -0.25) is 9.59 Å². The zero-order valence-corrected chi connectivity index (χ0v) is 54.0. The van der Waals surface area contributed by atoms with E-state index in [0.29, 0.717) is 45.7 Å². The molecule has 4 N–H and O–H groups in total. The third-order valence-corrected chi connectivity index (χ3v) is 18.7. The fraction of sp³-hybridized carbons (Fsp3) is 0.385. The molecular weight excluding hydrogens is 1230 g/mol. The predicted molar refractivity (Wildman–Crippen MR) is 339 cm³/mol. The summed E-state index contributed by atoms with van der Waals surface area (Å²) in [6.45, 7) is 15.5. The zero-order chi connectivity index (χ0) is 64.9.